The third-order valence-electron chi connectivity index (χ3n) is 6.66. The number of benzene rings is 1. The Kier molecular flexibility index (Phi) is 4.96. The number of likely N-dealkylation sites (tertiary alicyclic amines) is 1. The molecule has 0 saturated carbocycles. The van der Waals surface area contributed by atoms with E-state index in [1.54, 1.807) is 59.1 Å². The topological polar surface area (TPSA) is 104 Å². The van der Waals surface area contributed by atoms with E-state index in [0.717, 1.165) is 0 Å². The molecule has 4 heterocycles. The van der Waals surface area contributed by atoms with Gasteiger partial charge >= 0.3 is 0 Å². The quantitative estimate of drug-likeness (QED) is 0.716. The van der Waals surface area contributed by atoms with E-state index in [9.17, 15) is 19.2 Å². The Morgan fingerprint density at radius 1 is 1.09 bits per heavy atom. The van der Waals surface area contributed by atoms with Crippen LogP contribution in [-0.2, 0) is 16.6 Å². The van der Waals surface area contributed by atoms with Gasteiger partial charge in [0.1, 0.15) is 17.8 Å². The number of nitrogens with one attached hydrogen (secondary N) is 2. The fraction of sp³-hybridized carbons (Fsp3) is 0.391. The Morgan fingerprint density at radius 2 is 1.88 bits per heavy atom. The van der Waals surface area contributed by atoms with Crippen LogP contribution in [0.4, 0.5) is 0 Å². The zero-order chi connectivity index (χ0) is 22.4. The van der Waals surface area contributed by atoms with Gasteiger partial charge in [0.25, 0.3) is 11.8 Å². The molecular formula is C23H25N5O4. The molecule has 0 aliphatic carbocycles. The van der Waals surface area contributed by atoms with E-state index in [1.165, 1.54) is 4.90 Å². The molecule has 3 aliphatic rings. The first kappa shape index (κ1) is 20.3. The lowest BCUT2D eigenvalue weighted by Crippen LogP contribution is -2.52. The maximum absolute atomic E-state index is 13.5. The molecule has 9 heteroatoms. The Balaban J connectivity index is 1.35. The van der Waals surface area contributed by atoms with Gasteiger partial charge in [0, 0.05) is 37.9 Å². The summed E-state index contributed by atoms with van der Waals surface area (Å²) in [4.78, 5) is 55.3. The summed E-state index contributed by atoms with van der Waals surface area (Å²) in [6, 6.07) is 10.2. The van der Waals surface area contributed by atoms with E-state index >= 15 is 0 Å². The summed E-state index contributed by atoms with van der Waals surface area (Å²) < 4.78 is 1.72. The highest BCUT2D eigenvalue weighted by Crippen LogP contribution is 2.30. The number of rotatable bonds is 3. The van der Waals surface area contributed by atoms with Crippen LogP contribution in [-0.4, -0.2) is 75.3 Å². The largest absolute Gasteiger partial charge is 0.349 e. The van der Waals surface area contributed by atoms with Gasteiger partial charge in [0.2, 0.25) is 11.8 Å². The van der Waals surface area contributed by atoms with Crippen LogP contribution in [0, 0.1) is 0 Å². The van der Waals surface area contributed by atoms with Gasteiger partial charge in [-0.3, -0.25) is 19.2 Å². The van der Waals surface area contributed by atoms with Crippen molar-refractivity contribution in [2.45, 2.75) is 37.0 Å². The van der Waals surface area contributed by atoms with Crippen LogP contribution in [0.15, 0.2) is 48.7 Å². The molecule has 3 aliphatic heterocycles. The molecule has 2 N–H and O–H groups in total. The average molecular weight is 435 g/mol. The maximum atomic E-state index is 13.5. The molecule has 0 unspecified atom stereocenters. The second-order valence-corrected chi connectivity index (χ2v) is 8.63. The molecule has 1 aromatic heterocycles. The Hall–Kier alpha value is -3.62. The molecule has 2 aromatic rings. The molecule has 166 valence electrons. The van der Waals surface area contributed by atoms with Crippen molar-refractivity contribution in [3.8, 4) is 0 Å². The highest BCUT2D eigenvalue weighted by Gasteiger charge is 2.52. The van der Waals surface area contributed by atoms with Crippen molar-refractivity contribution >= 4 is 23.6 Å². The predicted molar refractivity (Wildman–Crippen MR) is 115 cm³/mol. The molecule has 0 radical (unpaired) electrons. The molecule has 0 spiro atoms. The van der Waals surface area contributed by atoms with Crippen LogP contribution in [0.1, 0.15) is 33.7 Å². The first-order valence-electron chi connectivity index (χ1n) is 10.8. The first-order chi connectivity index (χ1) is 15.4. The molecule has 0 bridgehead atoms. The minimum absolute atomic E-state index is 0.216. The molecule has 5 rings (SSSR count). The van der Waals surface area contributed by atoms with Crippen LogP contribution < -0.4 is 10.6 Å². The Morgan fingerprint density at radius 3 is 2.59 bits per heavy atom. The third-order valence-corrected chi connectivity index (χ3v) is 6.66. The van der Waals surface area contributed by atoms with Gasteiger partial charge in [-0.25, -0.2) is 0 Å². The van der Waals surface area contributed by atoms with Gasteiger partial charge in [-0.05, 0) is 37.1 Å². The summed E-state index contributed by atoms with van der Waals surface area (Å²) in [5.74, 6) is -0.925. The van der Waals surface area contributed by atoms with Crippen LogP contribution in [0.3, 0.4) is 0 Å². The van der Waals surface area contributed by atoms with Crippen molar-refractivity contribution in [2.75, 3.05) is 13.1 Å². The van der Waals surface area contributed by atoms with Crippen LogP contribution >= 0.6 is 0 Å². The number of aromatic nitrogens is 1. The highest BCUT2D eigenvalue weighted by atomic mass is 16.2. The molecule has 1 aromatic carbocycles. The lowest BCUT2D eigenvalue weighted by molar-refractivity contribution is -0.138. The van der Waals surface area contributed by atoms with Crippen molar-refractivity contribution in [3.05, 3.63) is 59.9 Å². The molecule has 9 nitrogen and oxygen atoms in total. The molecule has 4 atom stereocenters. The summed E-state index contributed by atoms with van der Waals surface area (Å²) in [6.07, 6.45) is 2.67. The van der Waals surface area contributed by atoms with Gasteiger partial charge in [0.15, 0.2) is 0 Å². The van der Waals surface area contributed by atoms with E-state index in [2.05, 4.69) is 10.6 Å². The standard InChI is InChI=1S/C23H25N5O4/c1-26-10-5-8-17(26)20(29)24-15-12-18-21(30)25-16-9-11-27(19(16)23(32)28(18)13-15)22(31)14-6-3-2-4-7-14/h2-8,10,15-16,18-19H,9,11-13H2,1H3,(H,24,29)(H,25,30)/t15-,16-,18+,19+/m1/s1. The number of aryl methyl sites for hydroxylation is 1. The minimum Gasteiger partial charge on any atom is -0.349 e. The number of amides is 4. The van der Waals surface area contributed by atoms with Crippen molar-refractivity contribution in [2.24, 2.45) is 7.05 Å². The number of fused-ring (bicyclic) bond motifs is 2. The number of hydrogen-bond donors (Lipinski definition) is 2. The average Bonchev–Trinajstić information content (AvgIpc) is 3.50. The van der Waals surface area contributed by atoms with Crippen LogP contribution in [0.5, 0.6) is 0 Å². The summed E-state index contributed by atoms with van der Waals surface area (Å²) >= 11 is 0. The highest BCUT2D eigenvalue weighted by molar-refractivity contribution is 6.01. The lowest BCUT2D eigenvalue weighted by Gasteiger charge is -2.29. The van der Waals surface area contributed by atoms with Crippen molar-refractivity contribution in [1.82, 2.24) is 25.0 Å². The van der Waals surface area contributed by atoms with E-state index in [0.29, 0.717) is 30.6 Å². The van der Waals surface area contributed by atoms with Gasteiger partial charge in [0.05, 0.1) is 6.04 Å². The van der Waals surface area contributed by atoms with Gasteiger partial charge in [-0.1, -0.05) is 18.2 Å². The van der Waals surface area contributed by atoms with Crippen molar-refractivity contribution < 1.29 is 19.2 Å². The van der Waals surface area contributed by atoms with E-state index in [-0.39, 0.29) is 36.2 Å². The zero-order valence-electron chi connectivity index (χ0n) is 17.7. The maximum Gasteiger partial charge on any atom is 0.268 e. The van der Waals surface area contributed by atoms with Crippen molar-refractivity contribution in [3.63, 3.8) is 0 Å². The monoisotopic (exact) mass is 435 g/mol. The molecule has 3 fully saturated rings. The van der Waals surface area contributed by atoms with Gasteiger partial charge < -0.3 is 25.0 Å². The summed E-state index contributed by atoms with van der Waals surface area (Å²) in [5, 5.41) is 5.92. The van der Waals surface area contributed by atoms with Crippen LogP contribution in [0.25, 0.3) is 0 Å². The fourth-order valence-electron chi connectivity index (χ4n) is 5.06. The number of hydrogen-bond acceptors (Lipinski definition) is 4. The smallest absolute Gasteiger partial charge is 0.268 e. The first-order valence-corrected chi connectivity index (χ1v) is 10.8. The Bertz CT molecular complexity index is 1080. The third kappa shape index (κ3) is 3.34. The normalized spacial score (nSPS) is 26.9. The van der Waals surface area contributed by atoms with Crippen molar-refractivity contribution in [1.29, 1.82) is 0 Å². The Labute approximate surface area is 185 Å². The molecule has 32 heavy (non-hydrogen) atoms. The molecule has 3 saturated heterocycles. The van der Waals surface area contributed by atoms with E-state index < -0.39 is 18.1 Å². The predicted octanol–water partition coefficient (Wildman–Crippen LogP) is 0.138. The van der Waals surface area contributed by atoms with E-state index in [1.807, 2.05) is 6.07 Å². The fourth-order valence-corrected chi connectivity index (χ4v) is 5.06. The second kappa shape index (κ2) is 7.81. The number of carbonyl (C=O) groups excluding carboxylic acids is 4. The number of carbonyl (C=O) groups is 4. The summed E-state index contributed by atoms with van der Waals surface area (Å²) in [6.45, 7) is 0.644. The van der Waals surface area contributed by atoms with Gasteiger partial charge in [-0.15, -0.1) is 0 Å². The molecular weight excluding hydrogens is 410 g/mol. The summed E-state index contributed by atoms with van der Waals surface area (Å²) in [5.41, 5.74) is 1.03. The zero-order valence-corrected chi connectivity index (χ0v) is 17.7. The van der Waals surface area contributed by atoms with E-state index in [4.69, 9.17) is 0 Å². The lowest BCUT2D eigenvalue weighted by atomic mass is 10.1. The second-order valence-electron chi connectivity index (χ2n) is 8.63. The van der Waals surface area contributed by atoms with Gasteiger partial charge in [-0.2, -0.15) is 0 Å². The summed E-state index contributed by atoms with van der Waals surface area (Å²) in [7, 11) is 1.78. The number of nitrogens with zero attached hydrogens (tertiary/aromatic N) is 3. The van der Waals surface area contributed by atoms with Crippen LogP contribution in [0.2, 0.25) is 0 Å². The SMILES string of the molecule is Cn1cccc1C(=O)N[C@@H]1C[C@H]2C(=O)N[C@@H]3CCN(C(=O)c4ccccc4)[C@@H]3C(=O)N2C1. The molecule has 4 amide bonds. The minimum atomic E-state index is -0.737.